The molecular weight excluding hydrogens is 372 g/mol. The first kappa shape index (κ1) is 20.4. The summed E-state index contributed by atoms with van der Waals surface area (Å²) in [5.41, 5.74) is 5.79. The summed E-state index contributed by atoms with van der Waals surface area (Å²) in [6, 6.07) is 21.0. The van der Waals surface area contributed by atoms with Crippen molar-refractivity contribution < 1.29 is 4.79 Å². The maximum atomic E-state index is 12.9. The average Bonchev–Trinajstić information content (AvgIpc) is 3.22. The molecule has 0 atom stereocenters. The molecule has 1 aliphatic rings. The first-order valence-electron chi connectivity index (χ1n) is 10.9. The fraction of sp³-hybridized carbons (Fsp3) is 0.360. The zero-order valence-electron chi connectivity index (χ0n) is 17.8. The van der Waals surface area contributed by atoms with Gasteiger partial charge in [0.25, 0.3) is 0 Å². The van der Waals surface area contributed by atoms with Crippen LogP contribution in [0, 0.1) is 0 Å². The fourth-order valence-corrected chi connectivity index (χ4v) is 4.31. The van der Waals surface area contributed by atoms with Crippen LogP contribution in [0.5, 0.6) is 0 Å². The molecule has 0 bridgehead atoms. The second-order valence-electron chi connectivity index (χ2n) is 7.85. The summed E-state index contributed by atoms with van der Waals surface area (Å²) < 4.78 is 0. The molecule has 0 fully saturated rings. The second kappa shape index (κ2) is 9.26. The van der Waals surface area contributed by atoms with E-state index in [4.69, 9.17) is 5.10 Å². The van der Waals surface area contributed by atoms with Gasteiger partial charge in [0.1, 0.15) is 0 Å². The van der Waals surface area contributed by atoms with E-state index in [1.165, 1.54) is 16.7 Å². The van der Waals surface area contributed by atoms with E-state index in [0.717, 1.165) is 37.4 Å². The van der Waals surface area contributed by atoms with Crippen LogP contribution in [-0.4, -0.2) is 52.1 Å². The molecule has 0 spiro atoms. The van der Waals surface area contributed by atoms with Gasteiger partial charge in [0.15, 0.2) is 0 Å². The molecule has 5 heteroatoms. The number of likely N-dealkylation sites (N-methyl/N-ethyl adjacent to an activating group) is 1. The van der Waals surface area contributed by atoms with Crippen LogP contribution in [-0.2, 0) is 17.8 Å². The normalized spacial score (nSPS) is 13.7. The molecule has 1 amide bonds. The van der Waals surface area contributed by atoms with Gasteiger partial charge >= 0.3 is 0 Å². The van der Waals surface area contributed by atoms with Gasteiger partial charge in [-0.2, -0.15) is 5.10 Å². The molecule has 0 saturated heterocycles. The highest BCUT2D eigenvalue weighted by molar-refractivity contribution is 5.78. The minimum Gasteiger partial charge on any atom is -0.337 e. The number of aromatic nitrogens is 2. The number of aromatic amines is 1. The van der Waals surface area contributed by atoms with Crippen molar-refractivity contribution in [2.75, 3.05) is 26.2 Å². The Bertz CT molecular complexity index is 924. The molecule has 0 radical (unpaired) electrons. The Morgan fingerprint density at radius 1 is 1.03 bits per heavy atom. The highest BCUT2D eigenvalue weighted by Gasteiger charge is 2.30. The topological polar surface area (TPSA) is 52.2 Å². The third-order valence-corrected chi connectivity index (χ3v) is 6.11. The van der Waals surface area contributed by atoms with E-state index in [1.807, 2.05) is 17.0 Å². The largest absolute Gasteiger partial charge is 0.337 e. The zero-order chi connectivity index (χ0) is 20.9. The minimum absolute atomic E-state index is 0.0465. The lowest BCUT2D eigenvalue weighted by Crippen LogP contribution is -2.42. The van der Waals surface area contributed by atoms with Gasteiger partial charge in [0, 0.05) is 30.8 Å². The van der Waals surface area contributed by atoms with E-state index >= 15 is 0 Å². The smallest absolute Gasteiger partial charge is 0.237 e. The van der Waals surface area contributed by atoms with Crippen molar-refractivity contribution in [1.29, 1.82) is 0 Å². The Morgan fingerprint density at radius 3 is 2.20 bits per heavy atom. The van der Waals surface area contributed by atoms with Crippen LogP contribution >= 0.6 is 0 Å². The van der Waals surface area contributed by atoms with Crippen molar-refractivity contribution in [3.8, 4) is 0 Å². The Morgan fingerprint density at radius 2 is 1.63 bits per heavy atom. The van der Waals surface area contributed by atoms with Gasteiger partial charge in [0.05, 0.1) is 18.2 Å². The monoisotopic (exact) mass is 402 g/mol. The Hall–Kier alpha value is -2.92. The van der Waals surface area contributed by atoms with Crippen molar-refractivity contribution in [1.82, 2.24) is 20.0 Å². The summed E-state index contributed by atoms with van der Waals surface area (Å²) >= 11 is 0. The number of nitrogens with one attached hydrogen (secondary N) is 1. The lowest BCUT2D eigenvalue weighted by atomic mass is 9.85. The lowest BCUT2D eigenvalue weighted by Gasteiger charge is -2.30. The number of nitrogens with zero attached hydrogens (tertiary/aromatic N) is 3. The van der Waals surface area contributed by atoms with E-state index in [0.29, 0.717) is 13.1 Å². The highest BCUT2D eigenvalue weighted by Crippen LogP contribution is 2.35. The molecule has 2 heterocycles. The first-order chi connectivity index (χ1) is 14.7. The molecule has 3 aromatic rings. The number of rotatable bonds is 7. The number of H-pyrrole nitrogens is 1. The van der Waals surface area contributed by atoms with Crippen molar-refractivity contribution >= 4 is 5.91 Å². The molecule has 0 aliphatic carbocycles. The van der Waals surface area contributed by atoms with Crippen LogP contribution in [0.1, 0.15) is 47.8 Å². The van der Waals surface area contributed by atoms with Crippen LogP contribution in [0.25, 0.3) is 0 Å². The van der Waals surface area contributed by atoms with Gasteiger partial charge < -0.3 is 4.90 Å². The quantitative estimate of drug-likeness (QED) is 0.654. The third kappa shape index (κ3) is 4.17. The molecule has 0 saturated carbocycles. The van der Waals surface area contributed by atoms with Gasteiger partial charge in [-0.25, -0.2) is 0 Å². The maximum Gasteiger partial charge on any atom is 0.237 e. The van der Waals surface area contributed by atoms with Gasteiger partial charge in [-0.15, -0.1) is 0 Å². The summed E-state index contributed by atoms with van der Waals surface area (Å²) in [6.07, 6.45) is 0.822. The van der Waals surface area contributed by atoms with E-state index in [1.54, 1.807) is 0 Å². The van der Waals surface area contributed by atoms with E-state index in [2.05, 4.69) is 72.4 Å². The van der Waals surface area contributed by atoms with E-state index in [9.17, 15) is 4.79 Å². The standard InChI is InChI=1S/C25H30N4O/c1-3-28(4-2)18-23(30)29-16-15-22-21(17-29)25(27-26-22)24(19-11-7-5-8-12-19)20-13-9-6-10-14-20/h5-14,24H,3-4,15-18H2,1-2H3,(H,26,27). The Balaban J connectivity index is 1.66. The maximum absolute atomic E-state index is 12.9. The Labute approximate surface area is 178 Å². The predicted molar refractivity (Wildman–Crippen MR) is 119 cm³/mol. The van der Waals surface area contributed by atoms with Gasteiger partial charge in [-0.3, -0.25) is 14.8 Å². The van der Waals surface area contributed by atoms with Gasteiger partial charge in [0.2, 0.25) is 5.91 Å². The minimum atomic E-state index is 0.0465. The number of amides is 1. The summed E-state index contributed by atoms with van der Waals surface area (Å²) in [7, 11) is 0. The number of fused-ring (bicyclic) bond motifs is 1. The van der Waals surface area contributed by atoms with Gasteiger partial charge in [-0.1, -0.05) is 74.5 Å². The average molecular weight is 403 g/mol. The summed E-state index contributed by atoms with van der Waals surface area (Å²) in [5, 5.41) is 8.04. The van der Waals surface area contributed by atoms with Crippen molar-refractivity contribution in [2.24, 2.45) is 0 Å². The van der Waals surface area contributed by atoms with Crippen molar-refractivity contribution in [3.05, 3.63) is 88.7 Å². The number of carbonyl (C=O) groups is 1. The number of carbonyl (C=O) groups excluding carboxylic acids is 1. The Kier molecular flexibility index (Phi) is 6.29. The van der Waals surface area contributed by atoms with Gasteiger partial charge in [-0.05, 0) is 24.2 Å². The van der Waals surface area contributed by atoms with Crippen LogP contribution < -0.4 is 0 Å². The van der Waals surface area contributed by atoms with Crippen LogP contribution in [0.3, 0.4) is 0 Å². The van der Waals surface area contributed by atoms with Crippen LogP contribution in [0.15, 0.2) is 60.7 Å². The summed E-state index contributed by atoms with van der Waals surface area (Å²) in [6.45, 7) is 7.84. The van der Waals surface area contributed by atoms with E-state index in [-0.39, 0.29) is 11.8 Å². The molecule has 1 aromatic heterocycles. The number of hydrogen-bond donors (Lipinski definition) is 1. The molecule has 0 unspecified atom stereocenters. The van der Waals surface area contributed by atoms with Crippen LogP contribution in [0.4, 0.5) is 0 Å². The lowest BCUT2D eigenvalue weighted by molar-refractivity contribution is -0.133. The molecule has 1 aliphatic heterocycles. The molecule has 4 rings (SSSR count). The summed E-state index contributed by atoms with van der Waals surface area (Å²) in [5.74, 6) is 0.248. The highest BCUT2D eigenvalue weighted by atomic mass is 16.2. The second-order valence-corrected chi connectivity index (χ2v) is 7.85. The predicted octanol–water partition coefficient (Wildman–Crippen LogP) is 3.82. The summed E-state index contributed by atoms with van der Waals surface area (Å²) in [4.78, 5) is 17.1. The molecule has 30 heavy (non-hydrogen) atoms. The molecular formula is C25H30N4O. The molecule has 156 valence electrons. The molecule has 2 aromatic carbocycles. The number of hydrogen-bond acceptors (Lipinski definition) is 3. The third-order valence-electron chi connectivity index (χ3n) is 6.11. The fourth-order valence-electron chi connectivity index (χ4n) is 4.31. The van der Waals surface area contributed by atoms with Crippen molar-refractivity contribution in [3.63, 3.8) is 0 Å². The van der Waals surface area contributed by atoms with Crippen molar-refractivity contribution in [2.45, 2.75) is 32.7 Å². The SMILES string of the molecule is CCN(CC)CC(=O)N1CCc2[nH]nc(C(c3ccccc3)c3ccccc3)c2C1. The van der Waals surface area contributed by atoms with Crippen LogP contribution in [0.2, 0.25) is 0 Å². The first-order valence-corrected chi connectivity index (χ1v) is 10.9. The molecule has 5 nitrogen and oxygen atoms in total. The zero-order valence-corrected chi connectivity index (χ0v) is 17.8. The number of benzene rings is 2. The van der Waals surface area contributed by atoms with E-state index < -0.39 is 0 Å². The molecule has 1 N–H and O–H groups in total.